The van der Waals surface area contributed by atoms with Gasteiger partial charge in [0.1, 0.15) is 0 Å². The van der Waals surface area contributed by atoms with Gasteiger partial charge in [0, 0.05) is 27.5 Å². The summed E-state index contributed by atoms with van der Waals surface area (Å²) >= 11 is 0. The third kappa shape index (κ3) is 5.26. The fourth-order valence-electron chi connectivity index (χ4n) is 6.71. The Bertz CT molecular complexity index is 2570. The second-order valence-corrected chi connectivity index (χ2v) is 12.1. The predicted molar refractivity (Wildman–Crippen MR) is 201 cm³/mol. The fourth-order valence-corrected chi connectivity index (χ4v) is 6.71. The van der Waals surface area contributed by atoms with Crippen LogP contribution < -0.4 is 0 Å². The molecule has 0 aliphatic carbocycles. The van der Waals surface area contributed by atoms with Gasteiger partial charge in [-0.2, -0.15) is 9.97 Å². The molecule has 2 heterocycles. The van der Waals surface area contributed by atoms with Gasteiger partial charge in [-0.05, 0) is 39.9 Å². The van der Waals surface area contributed by atoms with Gasteiger partial charge in [-0.1, -0.05) is 170 Å². The molecule has 7 aromatic carbocycles. The maximum absolute atomic E-state index is 5.21. The van der Waals surface area contributed by atoms with Gasteiger partial charge in [0.2, 0.25) is 5.95 Å². The van der Waals surface area contributed by atoms with E-state index in [9.17, 15) is 0 Å². The first-order chi connectivity index (χ1) is 24.3. The molecule has 230 valence electrons. The van der Waals surface area contributed by atoms with Crippen molar-refractivity contribution in [1.82, 2.24) is 19.5 Å². The summed E-state index contributed by atoms with van der Waals surface area (Å²) < 4.78 is 2.21. The molecule has 0 radical (unpaired) electrons. The Labute approximate surface area is 284 Å². The number of hydrogen-bond acceptors (Lipinski definition) is 3. The lowest BCUT2D eigenvalue weighted by Crippen LogP contribution is -2.07. The van der Waals surface area contributed by atoms with Gasteiger partial charge < -0.3 is 0 Å². The molecule has 9 rings (SSSR count). The van der Waals surface area contributed by atoms with E-state index in [-0.39, 0.29) is 0 Å². The van der Waals surface area contributed by atoms with Crippen molar-refractivity contribution in [3.05, 3.63) is 182 Å². The van der Waals surface area contributed by atoms with Crippen LogP contribution in [0.25, 0.3) is 83.9 Å². The van der Waals surface area contributed by atoms with E-state index < -0.39 is 0 Å². The number of benzene rings is 7. The fraction of sp³-hybridized carbons (Fsp3) is 0. The summed E-state index contributed by atoms with van der Waals surface area (Å²) in [7, 11) is 0. The molecule has 4 nitrogen and oxygen atoms in total. The highest BCUT2D eigenvalue weighted by Gasteiger charge is 2.20. The van der Waals surface area contributed by atoms with Crippen LogP contribution in [0.3, 0.4) is 0 Å². The molecule has 0 atom stereocenters. The predicted octanol–water partition coefficient (Wildman–Crippen LogP) is 11.3. The molecule has 0 N–H and O–H groups in total. The molecule has 2 aromatic heterocycles. The van der Waals surface area contributed by atoms with Crippen molar-refractivity contribution in [2.75, 3.05) is 0 Å². The first-order valence-corrected chi connectivity index (χ1v) is 16.5. The lowest BCUT2D eigenvalue weighted by Gasteiger charge is -2.13. The zero-order chi connectivity index (χ0) is 32.6. The molecule has 0 saturated heterocycles. The van der Waals surface area contributed by atoms with Gasteiger partial charge in [0.25, 0.3) is 0 Å². The zero-order valence-electron chi connectivity index (χ0n) is 26.6. The van der Waals surface area contributed by atoms with Crippen molar-refractivity contribution in [3.8, 4) is 62.1 Å². The molecule has 9 aromatic rings. The Morgan fingerprint density at radius 3 is 1.49 bits per heavy atom. The first-order valence-electron chi connectivity index (χ1n) is 16.5. The molecule has 0 bridgehead atoms. The van der Waals surface area contributed by atoms with Gasteiger partial charge in [0.05, 0.1) is 11.0 Å². The monoisotopic (exact) mass is 626 g/mol. The van der Waals surface area contributed by atoms with Crippen molar-refractivity contribution < 1.29 is 0 Å². The van der Waals surface area contributed by atoms with Crippen molar-refractivity contribution in [1.29, 1.82) is 0 Å². The topological polar surface area (TPSA) is 43.6 Å². The van der Waals surface area contributed by atoms with Crippen LogP contribution in [0.4, 0.5) is 0 Å². The molecular weight excluding hydrogens is 597 g/mol. The minimum Gasteiger partial charge on any atom is -0.277 e. The average molecular weight is 627 g/mol. The van der Waals surface area contributed by atoms with Crippen LogP contribution >= 0.6 is 0 Å². The van der Waals surface area contributed by atoms with Crippen LogP contribution in [-0.4, -0.2) is 19.5 Å². The third-order valence-corrected chi connectivity index (χ3v) is 9.08. The highest BCUT2D eigenvalue weighted by Crippen LogP contribution is 2.39. The Morgan fingerprint density at radius 2 is 0.796 bits per heavy atom. The van der Waals surface area contributed by atoms with E-state index >= 15 is 0 Å². The minimum atomic E-state index is 0.578. The van der Waals surface area contributed by atoms with Crippen LogP contribution in [0.1, 0.15) is 0 Å². The highest BCUT2D eigenvalue weighted by atomic mass is 15.2. The summed E-state index contributed by atoms with van der Waals surface area (Å²) in [5, 5.41) is 2.29. The summed E-state index contributed by atoms with van der Waals surface area (Å²) in [5.41, 5.74) is 10.9. The second kappa shape index (κ2) is 12.2. The standard InChI is InChI=1S/C45H30N4/c1-4-14-31(15-5-1)33-26-28-35(29-27-33)44-46-43(34-18-8-3-9-19-34)47-45(48-44)49-41-25-11-10-22-39(41)40-24-13-23-38(42(40)49)37-21-12-20-36(30-37)32-16-6-2-7-17-32/h1-30H. The number of para-hydroxylation sites is 2. The molecule has 0 amide bonds. The van der Waals surface area contributed by atoms with E-state index in [1.54, 1.807) is 0 Å². The molecule has 49 heavy (non-hydrogen) atoms. The molecule has 4 heteroatoms. The lowest BCUT2D eigenvalue weighted by molar-refractivity contribution is 0.954. The summed E-state index contributed by atoms with van der Waals surface area (Å²) in [4.78, 5) is 15.4. The third-order valence-electron chi connectivity index (χ3n) is 9.08. The molecular formula is C45H30N4. The van der Waals surface area contributed by atoms with Gasteiger partial charge in [-0.15, -0.1) is 0 Å². The summed E-state index contributed by atoms with van der Waals surface area (Å²) in [6.07, 6.45) is 0. The Hall–Kier alpha value is -6.65. The van der Waals surface area contributed by atoms with E-state index in [2.05, 4.69) is 150 Å². The van der Waals surface area contributed by atoms with Crippen LogP contribution in [0, 0.1) is 0 Å². The number of nitrogens with zero attached hydrogens (tertiary/aromatic N) is 4. The number of hydrogen-bond donors (Lipinski definition) is 0. The average Bonchev–Trinajstić information content (AvgIpc) is 3.54. The van der Waals surface area contributed by atoms with Gasteiger partial charge >= 0.3 is 0 Å². The minimum absolute atomic E-state index is 0.578. The first kappa shape index (κ1) is 28.6. The van der Waals surface area contributed by atoms with Crippen LogP contribution in [0.5, 0.6) is 0 Å². The van der Waals surface area contributed by atoms with Gasteiger partial charge in [-0.3, -0.25) is 4.57 Å². The maximum Gasteiger partial charge on any atom is 0.238 e. The van der Waals surface area contributed by atoms with Crippen molar-refractivity contribution >= 4 is 21.8 Å². The van der Waals surface area contributed by atoms with Crippen molar-refractivity contribution in [2.45, 2.75) is 0 Å². The molecule has 0 unspecified atom stereocenters. The summed E-state index contributed by atoms with van der Waals surface area (Å²) in [6, 6.07) is 63.4. The molecule has 0 fully saturated rings. The maximum atomic E-state index is 5.21. The van der Waals surface area contributed by atoms with E-state index in [0.717, 1.165) is 49.6 Å². The molecule has 0 spiro atoms. The highest BCUT2D eigenvalue weighted by molar-refractivity contribution is 6.13. The second-order valence-electron chi connectivity index (χ2n) is 12.1. The Balaban J connectivity index is 1.28. The van der Waals surface area contributed by atoms with Crippen molar-refractivity contribution in [2.24, 2.45) is 0 Å². The van der Waals surface area contributed by atoms with Crippen molar-refractivity contribution in [3.63, 3.8) is 0 Å². The normalized spacial score (nSPS) is 11.3. The Kier molecular flexibility index (Phi) is 7.10. The largest absolute Gasteiger partial charge is 0.277 e. The quantitative estimate of drug-likeness (QED) is 0.184. The van der Waals surface area contributed by atoms with E-state index in [1.807, 2.05) is 36.4 Å². The summed E-state index contributed by atoms with van der Waals surface area (Å²) in [5.74, 6) is 1.83. The molecule has 0 saturated carbocycles. The number of aromatic nitrogens is 4. The molecule has 0 aliphatic rings. The van der Waals surface area contributed by atoms with Crippen LogP contribution in [0.15, 0.2) is 182 Å². The van der Waals surface area contributed by atoms with Crippen LogP contribution in [-0.2, 0) is 0 Å². The Morgan fingerprint density at radius 1 is 0.327 bits per heavy atom. The van der Waals surface area contributed by atoms with Gasteiger partial charge in [-0.25, -0.2) is 4.98 Å². The van der Waals surface area contributed by atoms with E-state index in [1.165, 1.54) is 16.7 Å². The number of rotatable bonds is 6. The summed E-state index contributed by atoms with van der Waals surface area (Å²) in [6.45, 7) is 0. The lowest BCUT2D eigenvalue weighted by atomic mass is 9.97. The zero-order valence-corrected chi connectivity index (χ0v) is 26.6. The van der Waals surface area contributed by atoms with E-state index in [4.69, 9.17) is 15.0 Å². The van der Waals surface area contributed by atoms with Gasteiger partial charge in [0.15, 0.2) is 11.6 Å². The molecule has 0 aliphatic heterocycles. The van der Waals surface area contributed by atoms with E-state index in [0.29, 0.717) is 17.6 Å². The smallest absolute Gasteiger partial charge is 0.238 e. The van der Waals surface area contributed by atoms with Crippen LogP contribution in [0.2, 0.25) is 0 Å². The SMILES string of the molecule is c1ccc(-c2ccc(-c3nc(-c4ccccc4)nc(-n4c5ccccc5c5cccc(-c6cccc(-c7ccccc7)c6)c54)n3)cc2)cc1. The number of fused-ring (bicyclic) bond motifs is 3.